The molecule has 1 aromatic carbocycles. The predicted octanol–water partition coefficient (Wildman–Crippen LogP) is 3.89. The number of ether oxygens (including phenoxy) is 1. The first-order chi connectivity index (χ1) is 12.0. The van der Waals surface area contributed by atoms with Gasteiger partial charge in [-0.1, -0.05) is 18.2 Å². The van der Waals surface area contributed by atoms with Gasteiger partial charge in [0.15, 0.2) is 6.61 Å². The smallest absolute Gasteiger partial charge is 0.416 e. The predicted molar refractivity (Wildman–Crippen MR) is 89.4 cm³/mol. The van der Waals surface area contributed by atoms with Crippen molar-refractivity contribution in [1.29, 1.82) is 0 Å². The van der Waals surface area contributed by atoms with Gasteiger partial charge in [-0.05, 0) is 45.2 Å². The van der Waals surface area contributed by atoms with Crippen molar-refractivity contribution >= 4 is 12.0 Å². The van der Waals surface area contributed by atoms with E-state index in [0.717, 1.165) is 6.07 Å². The molecule has 2 rings (SSSR count). The van der Waals surface area contributed by atoms with Crippen LogP contribution in [0.5, 0.6) is 0 Å². The SMILES string of the molecule is CC(C)(C)NC(=O)OCC(=O)N1CCCC1c1ccccc1C(F)(F)F. The molecule has 0 radical (unpaired) electrons. The molecule has 1 heterocycles. The summed E-state index contributed by atoms with van der Waals surface area (Å²) in [6.07, 6.45) is -4.20. The third-order valence-corrected chi connectivity index (χ3v) is 4.00. The Kier molecular flexibility index (Phi) is 5.83. The molecule has 0 saturated carbocycles. The average Bonchev–Trinajstić information content (AvgIpc) is 2.99. The minimum atomic E-state index is -4.49. The Morgan fingerprint density at radius 1 is 1.23 bits per heavy atom. The summed E-state index contributed by atoms with van der Waals surface area (Å²) in [5.41, 5.74) is -1.18. The number of alkyl halides is 3. The molecular weight excluding hydrogens is 349 g/mol. The van der Waals surface area contributed by atoms with Gasteiger partial charge in [-0.15, -0.1) is 0 Å². The van der Waals surface area contributed by atoms with Crippen molar-refractivity contribution in [3.8, 4) is 0 Å². The van der Waals surface area contributed by atoms with Gasteiger partial charge < -0.3 is 15.0 Å². The van der Waals surface area contributed by atoms with Crippen LogP contribution in [0, 0.1) is 0 Å². The number of alkyl carbamates (subject to hydrolysis) is 1. The van der Waals surface area contributed by atoms with Crippen LogP contribution in [-0.4, -0.2) is 35.6 Å². The summed E-state index contributed by atoms with van der Waals surface area (Å²) >= 11 is 0. The van der Waals surface area contributed by atoms with E-state index in [2.05, 4.69) is 5.32 Å². The van der Waals surface area contributed by atoms with E-state index in [1.807, 2.05) is 0 Å². The number of carbonyl (C=O) groups excluding carboxylic acids is 2. The highest BCUT2D eigenvalue weighted by atomic mass is 19.4. The van der Waals surface area contributed by atoms with Crippen molar-refractivity contribution in [2.45, 2.75) is 51.4 Å². The molecule has 0 aliphatic carbocycles. The monoisotopic (exact) mass is 372 g/mol. The van der Waals surface area contributed by atoms with Crippen molar-refractivity contribution < 1.29 is 27.5 Å². The number of nitrogens with zero attached hydrogens (tertiary/aromatic N) is 1. The lowest BCUT2D eigenvalue weighted by molar-refractivity contribution is -0.141. The zero-order valence-corrected chi connectivity index (χ0v) is 15.0. The summed E-state index contributed by atoms with van der Waals surface area (Å²) in [6.45, 7) is 5.12. The number of likely N-dealkylation sites (tertiary alicyclic amines) is 1. The van der Waals surface area contributed by atoms with Gasteiger partial charge in [-0.3, -0.25) is 4.79 Å². The second-order valence-electron chi connectivity index (χ2n) is 7.28. The second kappa shape index (κ2) is 7.55. The van der Waals surface area contributed by atoms with Gasteiger partial charge in [0.1, 0.15) is 0 Å². The van der Waals surface area contributed by atoms with Crippen LogP contribution >= 0.6 is 0 Å². The van der Waals surface area contributed by atoms with Crippen LogP contribution in [0.1, 0.15) is 50.8 Å². The molecule has 5 nitrogen and oxygen atoms in total. The molecule has 26 heavy (non-hydrogen) atoms. The molecular formula is C18H23F3N2O3. The fourth-order valence-electron chi connectivity index (χ4n) is 2.99. The minimum absolute atomic E-state index is 0.0741. The molecule has 0 aromatic heterocycles. The van der Waals surface area contributed by atoms with E-state index < -0.39 is 41.9 Å². The van der Waals surface area contributed by atoms with Crippen molar-refractivity contribution in [3.05, 3.63) is 35.4 Å². The molecule has 1 atom stereocenters. The van der Waals surface area contributed by atoms with E-state index >= 15 is 0 Å². The van der Waals surface area contributed by atoms with Crippen LogP contribution in [-0.2, 0) is 15.7 Å². The Bertz CT molecular complexity index is 668. The van der Waals surface area contributed by atoms with Crippen LogP contribution < -0.4 is 5.32 Å². The van der Waals surface area contributed by atoms with Crippen LogP contribution in [0.2, 0.25) is 0 Å². The third-order valence-electron chi connectivity index (χ3n) is 4.00. The fraction of sp³-hybridized carbons (Fsp3) is 0.556. The lowest BCUT2D eigenvalue weighted by atomic mass is 9.98. The fourth-order valence-corrected chi connectivity index (χ4v) is 2.99. The first-order valence-electron chi connectivity index (χ1n) is 8.39. The highest BCUT2D eigenvalue weighted by Crippen LogP contribution is 2.40. The van der Waals surface area contributed by atoms with Gasteiger partial charge in [0.05, 0.1) is 11.6 Å². The summed E-state index contributed by atoms with van der Waals surface area (Å²) in [6, 6.07) is 4.59. The maximum atomic E-state index is 13.3. The van der Waals surface area contributed by atoms with Gasteiger partial charge in [0.2, 0.25) is 0 Å². The zero-order valence-electron chi connectivity index (χ0n) is 15.0. The highest BCUT2D eigenvalue weighted by molar-refractivity contribution is 5.81. The van der Waals surface area contributed by atoms with Gasteiger partial charge in [0, 0.05) is 12.1 Å². The van der Waals surface area contributed by atoms with Crippen molar-refractivity contribution in [2.75, 3.05) is 13.2 Å². The number of hydrogen-bond acceptors (Lipinski definition) is 3. The largest absolute Gasteiger partial charge is 0.439 e. The molecule has 1 aliphatic rings. The van der Waals surface area contributed by atoms with Gasteiger partial charge in [0.25, 0.3) is 5.91 Å². The Hall–Kier alpha value is -2.25. The lowest BCUT2D eigenvalue weighted by Gasteiger charge is -2.27. The van der Waals surface area contributed by atoms with Gasteiger partial charge >= 0.3 is 12.3 Å². The van der Waals surface area contributed by atoms with Crippen LogP contribution in [0.15, 0.2) is 24.3 Å². The van der Waals surface area contributed by atoms with Crippen LogP contribution in [0.4, 0.5) is 18.0 Å². The molecule has 2 amide bonds. The third kappa shape index (κ3) is 5.12. The van der Waals surface area contributed by atoms with Gasteiger partial charge in [-0.25, -0.2) is 4.79 Å². The molecule has 1 aromatic rings. The summed E-state index contributed by atoms with van der Waals surface area (Å²) in [5.74, 6) is -0.506. The average molecular weight is 372 g/mol. The Morgan fingerprint density at radius 3 is 2.50 bits per heavy atom. The van der Waals surface area contributed by atoms with E-state index in [1.165, 1.54) is 23.1 Å². The molecule has 1 aliphatic heterocycles. The number of benzene rings is 1. The Balaban J connectivity index is 2.09. The number of nitrogens with one attached hydrogen (secondary N) is 1. The molecule has 144 valence electrons. The normalized spacial score (nSPS) is 17.9. The number of halogens is 3. The summed E-state index contributed by atoms with van der Waals surface area (Å²) in [7, 11) is 0. The minimum Gasteiger partial charge on any atom is -0.439 e. The molecule has 0 spiro atoms. The van der Waals surface area contributed by atoms with E-state index in [9.17, 15) is 22.8 Å². The van der Waals surface area contributed by atoms with E-state index in [1.54, 1.807) is 20.8 Å². The van der Waals surface area contributed by atoms with Crippen LogP contribution in [0.3, 0.4) is 0 Å². The maximum absolute atomic E-state index is 13.3. The molecule has 1 fully saturated rings. The topological polar surface area (TPSA) is 58.6 Å². The van der Waals surface area contributed by atoms with Crippen molar-refractivity contribution in [2.24, 2.45) is 0 Å². The number of amides is 2. The molecule has 8 heteroatoms. The molecule has 1 unspecified atom stereocenters. The molecule has 1 N–H and O–H groups in total. The quantitative estimate of drug-likeness (QED) is 0.876. The van der Waals surface area contributed by atoms with Gasteiger partial charge in [-0.2, -0.15) is 13.2 Å². The Labute approximate surface area is 150 Å². The van der Waals surface area contributed by atoms with Crippen molar-refractivity contribution in [3.63, 3.8) is 0 Å². The summed E-state index contributed by atoms with van der Waals surface area (Å²) in [5, 5.41) is 2.56. The first kappa shape index (κ1) is 20.1. The second-order valence-corrected chi connectivity index (χ2v) is 7.28. The highest BCUT2D eigenvalue weighted by Gasteiger charge is 2.39. The first-order valence-corrected chi connectivity index (χ1v) is 8.39. The maximum Gasteiger partial charge on any atom is 0.416 e. The zero-order chi connectivity index (χ0) is 19.5. The van der Waals surface area contributed by atoms with Crippen molar-refractivity contribution in [1.82, 2.24) is 10.2 Å². The van der Waals surface area contributed by atoms with E-state index in [4.69, 9.17) is 4.74 Å². The van der Waals surface area contributed by atoms with E-state index in [-0.39, 0.29) is 5.56 Å². The number of rotatable bonds is 3. The number of hydrogen-bond donors (Lipinski definition) is 1. The van der Waals surface area contributed by atoms with E-state index in [0.29, 0.717) is 19.4 Å². The molecule has 1 saturated heterocycles. The summed E-state index contributed by atoms with van der Waals surface area (Å²) < 4.78 is 44.7. The lowest BCUT2D eigenvalue weighted by Crippen LogP contribution is -2.42. The standard InChI is InChI=1S/C18H23F3N2O3/c1-17(2,3)22-16(25)26-11-15(24)23-10-6-9-14(23)12-7-4-5-8-13(12)18(19,20)21/h4-5,7-8,14H,6,9-11H2,1-3H3,(H,22,25). The molecule has 0 bridgehead atoms. The van der Waals surface area contributed by atoms with Crippen LogP contribution in [0.25, 0.3) is 0 Å². The Morgan fingerprint density at radius 2 is 1.88 bits per heavy atom. The number of carbonyl (C=O) groups is 2. The summed E-state index contributed by atoms with van der Waals surface area (Å²) in [4.78, 5) is 25.4.